The molecule has 154 valence electrons. The number of halogens is 1. The van der Waals surface area contributed by atoms with Crippen LogP contribution in [-0.4, -0.2) is 36.1 Å². The Bertz CT molecular complexity index is 848. The Morgan fingerprint density at radius 1 is 1.21 bits per heavy atom. The molecule has 1 saturated heterocycles. The Kier molecular flexibility index (Phi) is 7.08. The molecule has 0 aliphatic carbocycles. The maximum Gasteiger partial charge on any atom is 0.252 e. The van der Waals surface area contributed by atoms with Crippen molar-refractivity contribution < 1.29 is 18.7 Å². The van der Waals surface area contributed by atoms with Gasteiger partial charge in [0, 0.05) is 11.3 Å². The second-order valence-electron chi connectivity index (χ2n) is 6.43. The van der Waals surface area contributed by atoms with Crippen LogP contribution in [0.5, 0.6) is 5.75 Å². The van der Waals surface area contributed by atoms with E-state index in [2.05, 4.69) is 16.0 Å². The van der Waals surface area contributed by atoms with E-state index >= 15 is 0 Å². The van der Waals surface area contributed by atoms with Crippen LogP contribution < -0.4 is 26.4 Å². The molecule has 7 nitrogen and oxygen atoms in total. The number of hydrogen-bond acceptors (Lipinski definition) is 6. The number of carbonyl (C=O) groups excluding carboxylic acids is 2. The molecular formula is C20H23FN4O3S. The van der Waals surface area contributed by atoms with Gasteiger partial charge in [0.2, 0.25) is 5.91 Å². The number of nitrogens with one attached hydrogen (secondary N) is 3. The van der Waals surface area contributed by atoms with Gasteiger partial charge < -0.3 is 21.1 Å². The minimum Gasteiger partial charge on any atom is -0.494 e. The monoisotopic (exact) mass is 418 g/mol. The van der Waals surface area contributed by atoms with E-state index in [4.69, 9.17) is 10.5 Å². The van der Waals surface area contributed by atoms with Crippen molar-refractivity contribution in [1.29, 1.82) is 0 Å². The maximum absolute atomic E-state index is 13.0. The lowest BCUT2D eigenvalue weighted by Gasteiger charge is -2.35. The van der Waals surface area contributed by atoms with Gasteiger partial charge >= 0.3 is 0 Å². The second-order valence-corrected chi connectivity index (χ2v) is 7.52. The van der Waals surface area contributed by atoms with Crippen LogP contribution in [0.25, 0.3) is 0 Å². The first-order valence-electron chi connectivity index (χ1n) is 9.18. The Hall–Kier alpha value is -2.62. The first kappa shape index (κ1) is 21.1. The fraction of sp³-hybridized carbons (Fsp3) is 0.300. The topological polar surface area (TPSA) is 105 Å². The molecule has 0 spiro atoms. The summed E-state index contributed by atoms with van der Waals surface area (Å²) in [6.07, 6.45) is -0.749. The number of amides is 2. The number of ether oxygens (including phenoxy) is 1. The van der Waals surface area contributed by atoms with Crippen LogP contribution in [0.3, 0.4) is 0 Å². The minimum absolute atomic E-state index is 0.295. The van der Waals surface area contributed by atoms with Crippen LogP contribution in [0.15, 0.2) is 48.5 Å². The van der Waals surface area contributed by atoms with Crippen molar-refractivity contribution >= 4 is 23.6 Å². The molecule has 29 heavy (non-hydrogen) atoms. The van der Waals surface area contributed by atoms with E-state index in [1.807, 2.05) is 6.92 Å². The molecule has 0 radical (unpaired) electrons. The molecule has 0 bridgehead atoms. The van der Waals surface area contributed by atoms with Crippen LogP contribution in [0.2, 0.25) is 0 Å². The zero-order chi connectivity index (χ0) is 20.8. The van der Waals surface area contributed by atoms with Gasteiger partial charge in [0.15, 0.2) is 0 Å². The van der Waals surface area contributed by atoms with Gasteiger partial charge in [-0.15, -0.1) is 11.8 Å². The van der Waals surface area contributed by atoms with E-state index in [0.29, 0.717) is 23.7 Å². The number of nitrogens with two attached hydrogens (primary N) is 1. The first-order valence-corrected chi connectivity index (χ1v) is 10.2. The molecule has 1 aliphatic heterocycles. The molecular weight excluding hydrogens is 395 g/mol. The van der Waals surface area contributed by atoms with Gasteiger partial charge in [-0.2, -0.15) is 0 Å². The fourth-order valence-corrected chi connectivity index (χ4v) is 3.80. The van der Waals surface area contributed by atoms with E-state index < -0.39 is 23.6 Å². The SMILES string of the molecule is CCOc1ccc(C(=O)NC2C(=O)NC(SCc3ccc(F)cc3)NC2N)cc1. The summed E-state index contributed by atoms with van der Waals surface area (Å²) in [6, 6.07) is 11.9. The van der Waals surface area contributed by atoms with E-state index in [1.54, 1.807) is 36.4 Å². The lowest BCUT2D eigenvalue weighted by Crippen LogP contribution is -2.70. The normalized spacial score (nSPS) is 21.3. The van der Waals surface area contributed by atoms with Gasteiger partial charge in [-0.25, -0.2) is 4.39 Å². The zero-order valence-electron chi connectivity index (χ0n) is 15.9. The molecule has 1 heterocycles. The average Bonchev–Trinajstić information content (AvgIpc) is 2.71. The largest absolute Gasteiger partial charge is 0.494 e. The van der Waals surface area contributed by atoms with Gasteiger partial charge in [-0.05, 0) is 48.9 Å². The Balaban J connectivity index is 1.53. The van der Waals surface area contributed by atoms with Gasteiger partial charge in [-0.3, -0.25) is 14.9 Å². The third-order valence-electron chi connectivity index (χ3n) is 4.30. The molecule has 1 fully saturated rings. The quantitative estimate of drug-likeness (QED) is 0.544. The summed E-state index contributed by atoms with van der Waals surface area (Å²) < 4.78 is 18.3. The average molecular weight is 418 g/mol. The third-order valence-corrected chi connectivity index (χ3v) is 5.39. The minimum atomic E-state index is -0.906. The molecule has 0 saturated carbocycles. The third kappa shape index (κ3) is 5.69. The van der Waals surface area contributed by atoms with Crippen molar-refractivity contribution in [2.45, 2.75) is 30.4 Å². The Morgan fingerprint density at radius 2 is 1.90 bits per heavy atom. The standard InChI is InChI=1S/C20H23FN4O3S/c1-2-28-15-9-5-13(6-10-15)18(26)23-16-17(22)24-20(25-19(16)27)29-11-12-3-7-14(21)8-4-12/h3-10,16-17,20,24H,2,11,22H2,1H3,(H,23,26)(H,25,27). The van der Waals surface area contributed by atoms with Crippen LogP contribution in [0.4, 0.5) is 4.39 Å². The predicted octanol–water partition coefficient (Wildman–Crippen LogP) is 1.54. The molecule has 2 amide bonds. The summed E-state index contributed by atoms with van der Waals surface area (Å²) in [4.78, 5) is 24.9. The smallest absolute Gasteiger partial charge is 0.252 e. The number of hydrogen-bond donors (Lipinski definition) is 4. The summed E-state index contributed by atoms with van der Waals surface area (Å²) in [6.45, 7) is 2.41. The molecule has 3 unspecified atom stereocenters. The molecule has 9 heteroatoms. The van der Waals surface area contributed by atoms with Crippen LogP contribution >= 0.6 is 11.8 Å². The zero-order valence-corrected chi connectivity index (χ0v) is 16.7. The van der Waals surface area contributed by atoms with Gasteiger partial charge in [-0.1, -0.05) is 12.1 Å². The molecule has 2 aromatic rings. The summed E-state index contributed by atoms with van der Waals surface area (Å²) in [5.74, 6) is 0.165. The van der Waals surface area contributed by atoms with Crippen molar-refractivity contribution in [3.63, 3.8) is 0 Å². The highest BCUT2D eigenvalue weighted by molar-refractivity contribution is 7.99. The summed E-state index contributed by atoms with van der Waals surface area (Å²) in [7, 11) is 0. The number of thioether (sulfide) groups is 1. The van der Waals surface area contributed by atoms with Gasteiger partial charge in [0.05, 0.1) is 12.8 Å². The van der Waals surface area contributed by atoms with Crippen LogP contribution in [0, 0.1) is 5.82 Å². The Morgan fingerprint density at radius 3 is 2.52 bits per heavy atom. The number of benzene rings is 2. The highest BCUT2D eigenvalue weighted by Gasteiger charge is 2.35. The van der Waals surface area contributed by atoms with E-state index in [9.17, 15) is 14.0 Å². The van der Waals surface area contributed by atoms with Crippen molar-refractivity contribution in [1.82, 2.24) is 16.0 Å². The van der Waals surface area contributed by atoms with Crippen molar-refractivity contribution in [3.8, 4) is 5.75 Å². The van der Waals surface area contributed by atoms with Crippen molar-refractivity contribution in [3.05, 3.63) is 65.5 Å². The van der Waals surface area contributed by atoms with E-state index in [-0.39, 0.29) is 11.7 Å². The molecule has 3 atom stereocenters. The van der Waals surface area contributed by atoms with Gasteiger partial charge in [0.25, 0.3) is 5.91 Å². The molecule has 2 aromatic carbocycles. The first-order chi connectivity index (χ1) is 14.0. The van der Waals surface area contributed by atoms with Crippen molar-refractivity contribution in [2.75, 3.05) is 6.61 Å². The lowest BCUT2D eigenvalue weighted by molar-refractivity contribution is -0.125. The molecule has 5 N–H and O–H groups in total. The van der Waals surface area contributed by atoms with E-state index in [1.165, 1.54) is 23.9 Å². The van der Waals surface area contributed by atoms with Crippen LogP contribution in [0.1, 0.15) is 22.8 Å². The molecule has 0 aromatic heterocycles. The number of rotatable bonds is 7. The summed E-state index contributed by atoms with van der Waals surface area (Å²) >= 11 is 1.42. The second kappa shape index (κ2) is 9.73. The highest BCUT2D eigenvalue weighted by atomic mass is 32.2. The highest BCUT2D eigenvalue weighted by Crippen LogP contribution is 2.18. The Labute approximate surface area is 172 Å². The molecule has 1 aliphatic rings. The van der Waals surface area contributed by atoms with Crippen molar-refractivity contribution in [2.24, 2.45) is 5.73 Å². The fourth-order valence-electron chi connectivity index (χ4n) is 2.79. The number of carbonyl (C=O) groups is 2. The van der Waals surface area contributed by atoms with Crippen LogP contribution in [-0.2, 0) is 10.5 Å². The predicted molar refractivity (Wildman–Crippen MR) is 110 cm³/mol. The molecule has 3 rings (SSSR count). The summed E-state index contributed by atoms with van der Waals surface area (Å²) in [5, 5.41) is 8.50. The van der Waals surface area contributed by atoms with E-state index in [0.717, 1.165) is 5.56 Å². The summed E-state index contributed by atoms with van der Waals surface area (Å²) in [5.41, 5.74) is 6.98. The maximum atomic E-state index is 13.0. The lowest BCUT2D eigenvalue weighted by atomic mass is 10.1. The van der Waals surface area contributed by atoms with Gasteiger partial charge in [0.1, 0.15) is 23.1 Å².